The number of nitrogens with one attached hydrogen (secondary N) is 1. The van der Waals surface area contributed by atoms with Gasteiger partial charge in [-0.25, -0.2) is 4.98 Å². The number of nitrogens with zero attached hydrogens (tertiary/aromatic N) is 1. The van der Waals surface area contributed by atoms with Crippen molar-refractivity contribution in [2.45, 2.75) is 20.0 Å². The molecule has 0 aliphatic carbocycles. The summed E-state index contributed by atoms with van der Waals surface area (Å²) in [5.41, 5.74) is 2.61. The highest BCUT2D eigenvalue weighted by Crippen LogP contribution is 2.39. The second-order valence-electron chi connectivity index (χ2n) is 7.87. The van der Waals surface area contributed by atoms with E-state index < -0.39 is 11.7 Å². The molecule has 1 N–H and O–H groups in total. The van der Waals surface area contributed by atoms with Crippen LogP contribution in [0.2, 0.25) is 0 Å². The molecular weight excluding hydrogens is 453 g/mol. The number of aromatic nitrogens is 1. The fourth-order valence-electron chi connectivity index (χ4n) is 3.74. The van der Waals surface area contributed by atoms with E-state index in [0.717, 1.165) is 17.7 Å². The van der Waals surface area contributed by atoms with Gasteiger partial charge in [-0.3, -0.25) is 4.79 Å². The lowest BCUT2D eigenvalue weighted by molar-refractivity contribution is -0.137. The topological polar surface area (TPSA) is 51.2 Å². The molecule has 0 saturated carbocycles. The lowest BCUT2D eigenvalue weighted by Crippen LogP contribution is -2.06. The lowest BCUT2D eigenvalue weighted by atomic mass is 9.99. The Kier molecular flexibility index (Phi) is 6.87. The number of halogens is 3. The van der Waals surface area contributed by atoms with Gasteiger partial charge in [-0.05, 0) is 62.4 Å². The van der Waals surface area contributed by atoms with Crippen LogP contribution in [0.15, 0.2) is 78.9 Å². The van der Waals surface area contributed by atoms with Crippen molar-refractivity contribution in [1.29, 1.82) is 0 Å². The van der Waals surface area contributed by atoms with E-state index >= 15 is 0 Å². The predicted molar refractivity (Wildman–Crippen MR) is 133 cm³/mol. The van der Waals surface area contributed by atoms with Gasteiger partial charge in [0.25, 0.3) is 0 Å². The van der Waals surface area contributed by atoms with Crippen molar-refractivity contribution in [2.75, 3.05) is 11.9 Å². The smallest absolute Gasteiger partial charge is 0.416 e. The first kappa shape index (κ1) is 24.0. The zero-order chi connectivity index (χ0) is 25.0. The van der Waals surface area contributed by atoms with Crippen molar-refractivity contribution >= 4 is 34.1 Å². The molecule has 0 saturated heterocycles. The van der Waals surface area contributed by atoms with Gasteiger partial charge in [0.05, 0.1) is 29.1 Å². The summed E-state index contributed by atoms with van der Waals surface area (Å²) in [7, 11) is 0. The van der Waals surface area contributed by atoms with E-state index in [-0.39, 0.29) is 11.5 Å². The summed E-state index contributed by atoms with van der Waals surface area (Å²) in [5.74, 6) is 0.431. The van der Waals surface area contributed by atoms with Crippen LogP contribution in [0.1, 0.15) is 25.0 Å². The fraction of sp³-hybridized carbons (Fsp3) is 0.143. The summed E-state index contributed by atoms with van der Waals surface area (Å²) < 4.78 is 45.8. The maximum Gasteiger partial charge on any atom is 0.416 e. The Labute approximate surface area is 201 Å². The molecule has 4 aromatic rings. The van der Waals surface area contributed by atoms with Gasteiger partial charge in [0, 0.05) is 22.2 Å². The summed E-state index contributed by atoms with van der Waals surface area (Å²) in [5, 5.41) is 3.82. The van der Waals surface area contributed by atoms with Gasteiger partial charge >= 0.3 is 6.18 Å². The summed E-state index contributed by atoms with van der Waals surface area (Å²) >= 11 is 0. The van der Waals surface area contributed by atoms with Crippen molar-refractivity contribution < 1.29 is 22.7 Å². The Morgan fingerprint density at radius 2 is 1.80 bits per heavy atom. The number of hydrogen-bond donors (Lipinski definition) is 1. The van der Waals surface area contributed by atoms with Crippen LogP contribution >= 0.6 is 0 Å². The number of benzene rings is 3. The number of ether oxygens (including phenoxy) is 1. The number of anilines is 2. The van der Waals surface area contributed by atoms with Crippen molar-refractivity contribution in [3.05, 3.63) is 90.0 Å². The molecule has 1 heterocycles. The third-order valence-corrected chi connectivity index (χ3v) is 5.30. The molecule has 35 heavy (non-hydrogen) atoms. The molecular formula is C28H23F3N2O2. The molecule has 0 radical (unpaired) electrons. The van der Waals surface area contributed by atoms with E-state index in [1.54, 1.807) is 24.3 Å². The third-order valence-electron chi connectivity index (χ3n) is 5.30. The first-order valence-electron chi connectivity index (χ1n) is 11.0. The van der Waals surface area contributed by atoms with Gasteiger partial charge in [0.1, 0.15) is 5.75 Å². The predicted octanol–water partition coefficient (Wildman–Crippen LogP) is 7.67. The molecule has 7 heteroatoms. The summed E-state index contributed by atoms with van der Waals surface area (Å²) in [6, 6.07) is 19.8. The molecule has 3 aromatic carbocycles. The van der Waals surface area contributed by atoms with Crippen molar-refractivity contribution in [1.82, 2.24) is 4.98 Å². The Morgan fingerprint density at radius 3 is 2.49 bits per heavy atom. The molecule has 0 aliphatic rings. The standard InChI is InChI=1S/C28H23F3N2O2/c1-3-35-22-13-15-25-24(17-22)27(32-21-11-7-10-20(16-21)28(29,30)31)23(14-12-18(2)34)26(33-25)19-8-5-4-6-9-19/h4-17H,3H2,1-2H3,(H,32,33)/b14-12+. The monoisotopic (exact) mass is 476 g/mol. The number of ketones is 1. The SMILES string of the molecule is CCOc1ccc2nc(-c3ccccc3)c(/C=C/C(C)=O)c(Nc3cccc(C(F)(F)F)c3)c2c1. The maximum atomic E-state index is 13.4. The van der Waals surface area contributed by atoms with E-state index in [4.69, 9.17) is 9.72 Å². The molecule has 0 fully saturated rings. The van der Waals surface area contributed by atoms with Crippen LogP contribution in [0.4, 0.5) is 24.5 Å². The number of rotatable bonds is 7. The highest BCUT2D eigenvalue weighted by atomic mass is 19.4. The first-order chi connectivity index (χ1) is 16.8. The minimum Gasteiger partial charge on any atom is -0.494 e. The van der Waals surface area contributed by atoms with E-state index in [1.165, 1.54) is 19.1 Å². The number of carbonyl (C=O) groups excluding carboxylic acids is 1. The van der Waals surface area contributed by atoms with Crippen LogP contribution in [0, 0.1) is 0 Å². The maximum absolute atomic E-state index is 13.4. The molecule has 0 aliphatic heterocycles. The zero-order valence-electron chi connectivity index (χ0n) is 19.2. The minimum absolute atomic E-state index is 0.169. The number of allylic oxidation sites excluding steroid dienone is 1. The highest BCUT2D eigenvalue weighted by molar-refractivity contribution is 6.04. The van der Waals surface area contributed by atoms with Gasteiger partial charge in [-0.2, -0.15) is 13.2 Å². The van der Waals surface area contributed by atoms with E-state index in [1.807, 2.05) is 43.3 Å². The molecule has 0 amide bonds. The Hall–Kier alpha value is -4.13. The molecule has 0 bridgehead atoms. The van der Waals surface area contributed by atoms with Crippen LogP contribution in [0.5, 0.6) is 5.75 Å². The molecule has 0 unspecified atom stereocenters. The molecule has 4 rings (SSSR count). The van der Waals surface area contributed by atoms with Crippen LogP contribution in [0.3, 0.4) is 0 Å². The fourth-order valence-corrected chi connectivity index (χ4v) is 3.74. The molecule has 0 atom stereocenters. The van der Waals surface area contributed by atoms with Crippen LogP contribution < -0.4 is 10.1 Å². The van der Waals surface area contributed by atoms with Gasteiger partial charge in [-0.1, -0.05) is 36.4 Å². The van der Waals surface area contributed by atoms with E-state index in [2.05, 4.69) is 5.32 Å². The van der Waals surface area contributed by atoms with Crippen molar-refractivity contribution in [3.8, 4) is 17.0 Å². The van der Waals surface area contributed by atoms with Crippen LogP contribution in [-0.2, 0) is 11.0 Å². The van der Waals surface area contributed by atoms with Gasteiger partial charge in [-0.15, -0.1) is 0 Å². The average molecular weight is 476 g/mol. The normalized spacial score (nSPS) is 11.7. The minimum atomic E-state index is -4.48. The molecule has 1 aromatic heterocycles. The van der Waals surface area contributed by atoms with Crippen LogP contribution in [-0.4, -0.2) is 17.4 Å². The average Bonchev–Trinajstić information content (AvgIpc) is 2.83. The summed E-state index contributed by atoms with van der Waals surface area (Å²) in [4.78, 5) is 16.7. The number of pyridine rings is 1. The molecule has 178 valence electrons. The van der Waals surface area contributed by atoms with E-state index in [9.17, 15) is 18.0 Å². The zero-order valence-corrected chi connectivity index (χ0v) is 19.2. The first-order valence-corrected chi connectivity index (χ1v) is 11.0. The third kappa shape index (κ3) is 5.51. The lowest BCUT2D eigenvalue weighted by Gasteiger charge is -2.18. The Bertz CT molecular complexity index is 1400. The van der Waals surface area contributed by atoms with Gasteiger partial charge < -0.3 is 10.1 Å². The van der Waals surface area contributed by atoms with Gasteiger partial charge in [0.2, 0.25) is 0 Å². The molecule has 0 spiro atoms. The number of carbonyl (C=O) groups is 1. The second-order valence-corrected chi connectivity index (χ2v) is 7.87. The quantitative estimate of drug-likeness (QED) is 0.278. The van der Waals surface area contributed by atoms with Crippen molar-refractivity contribution in [3.63, 3.8) is 0 Å². The number of alkyl halides is 3. The Balaban J connectivity index is 2.01. The van der Waals surface area contributed by atoms with Crippen LogP contribution in [0.25, 0.3) is 28.2 Å². The summed E-state index contributed by atoms with van der Waals surface area (Å²) in [6.45, 7) is 3.75. The largest absolute Gasteiger partial charge is 0.494 e. The summed E-state index contributed by atoms with van der Waals surface area (Å²) in [6.07, 6.45) is -1.42. The Morgan fingerprint density at radius 1 is 1.03 bits per heavy atom. The number of fused-ring (bicyclic) bond motifs is 1. The number of hydrogen-bond acceptors (Lipinski definition) is 4. The van der Waals surface area contributed by atoms with E-state index in [0.29, 0.717) is 40.2 Å². The van der Waals surface area contributed by atoms with Gasteiger partial charge in [0.15, 0.2) is 5.78 Å². The molecule has 4 nitrogen and oxygen atoms in total. The second kappa shape index (κ2) is 10.0. The highest BCUT2D eigenvalue weighted by Gasteiger charge is 2.30. The van der Waals surface area contributed by atoms with Crippen molar-refractivity contribution in [2.24, 2.45) is 0 Å².